The highest BCUT2D eigenvalue weighted by Crippen LogP contribution is 2.17. The molecule has 0 unspecified atom stereocenters. The Labute approximate surface area is 93.6 Å². The van der Waals surface area contributed by atoms with Crippen LogP contribution in [0.15, 0.2) is 43.0 Å². The number of aliphatic hydroxyl groups excluding tert-OH is 1. The molecule has 2 heterocycles. The normalized spacial score (nSPS) is 10.1. The smallest absolute Gasteiger partial charge is 0.128 e. The second kappa shape index (κ2) is 5.23. The lowest BCUT2D eigenvalue weighted by atomic mass is 10.2. The van der Waals surface area contributed by atoms with E-state index in [0.29, 0.717) is 17.9 Å². The van der Waals surface area contributed by atoms with Gasteiger partial charge in [0.05, 0.1) is 6.61 Å². The van der Waals surface area contributed by atoms with Crippen molar-refractivity contribution in [3.63, 3.8) is 0 Å². The number of rotatable bonds is 4. The van der Waals surface area contributed by atoms with Gasteiger partial charge in [0.25, 0.3) is 0 Å². The minimum Gasteiger partial charge on any atom is -0.488 e. The van der Waals surface area contributed by atoms with Crippen LogP contribution in [-0.4, -0.2) is 15.1 Å². The van der Waals surface area contributed by atoms with E-state index in [-0.39, 0.29) is 6.61 Å². The van der Waals surface area contributed by atoms with Crippen LogP contribution in [0.2, 0.25) is 0 Å². The molecule has 0 radical (unpaired) electrons. The predicted molar refractivity (Wildman–Crippen MR) is 58.7 cm³/mol. The van der Waals surface area contributed by atoms with Gasteiger partial charge in [0.1, 0.15) is 12.4 Å². The van der Waals surface area contributed by atoms with Crippen LogP contribution in [0.1, 0.15) is 11.1 Å². The molecule has 2 aromatic heterocycles. The van der Waals surface area contributed by atoms with Gasteiger partial charge < -0.3 is 9.84 Å². The zero-order chi connectivity index (χ0) is 11.2. The van der Waals surface area contributed by atoms with E-state index in [9.17, 15) is 0 Å². The van der Waals surface area contributed by atoms with Gasteiger partial charge in [-0.3, -0.25) is 9.97 Å². The molecular weight excluding hydrogens is 204 g/mol. The third kappa shape index (κ3) is 2.55. The Hall–Kier alpha value is -1.94. The second-order valence-electron chi connectivity index (χ2n) is 3.29. The van der Waals surface area contributed by atoms with E-state index in [0.717, 1.165) is 5.56 Å². The Morgan fingerprint density at radius 1 is 1.06 bits per heavy atom. The number of aromatic nitrogens is 2. The zero-order valence-corrected chi connectivity index (χ0v) is 8.71. The van der Waals surface area contributed by atoms with Gasteiger partial charge in [0, 0.05) is 30.4 Å². The standard InChI is InChI=1S/C12H12N2O2/c15-8-11-7-14-6-3-12(11)16-9-10-1-4-13-5-2-10/h1-7,15H,8-9H2. The lowest BCUT2D eigenvalue weighted by molar-refractivity contribution is 0.258. The van der Waals surface area contributed by atoms with E-state index in [1.807, 2.05) is 12.1 Å². The van der Waals surface area contributed by atoms with E-state index in [1.165, 1.54) is 0 Å². The Balaban J connectivity index is 2.05. The van der Waals surface area contributed by atoms with Crippen molar-refractivity contribution in [3.05, 3.63) is 54.1 Å². The van der Waals surface area contributed by atoms with Crippen molar-refractivity contribution in [2.45, 2.75) is 13.2 Å². The molecule has 0 aliphatic carbocycles. The quantitative estimate of drug-likeness (QED) is 0.842. The lowest BCUT2D eigenvalue weighted by Gasteiger charge is -2.08. The number of ether oxygens (including phenoxy) is 1. The minimum atomic E-state index is -0.0699. The van der Waals surface area contributed by atoms with Crippen molar-refractivity contribution in [3.8, 4) is 5.75 Å². The first-order chi connectivity index (χ1) is 7.90. The summed E-state index contributed by atoms with van der Waals surface area (Å²) in [4.78, 5) is 7.85. The summed E-state index contributed by atoms with van der Waals surface area (Å²) in [5, 5.41) is 9.09. The number of hydrogen-bond acceptors (Lipinski definition) is 4. The first kappa shape index (κ1) is 10.6. The van der Waals surface area contributed by atoms with Crippen molar-refractivity contribution < 1.29 is 9.84 Å². The first-order valence-electron chi connectivity index (χ1n) is 4.95. The summed E-state index contributed by atoms with van der Waals surface area (Å²) in [6.07, 6.45) is 6.68. The highest BCUT2D eigenvalue weighted by atomic mass is 16.5. The van der Waals surface area contributed by atoms with Crippen LogP contribution in [0.3, 0.4) is 0 Å². The molecule has 0 spiro atoms. The summed E-state index contributed by atoms with van der Waals surface area (Å²) in [7, 11) is 0. The molecule has 16 heavy (non-hydrogen) atoms. The molecule has 0 aliphatic rings. The molecule has 82 valence electrons. The van der Waals surface area contributed by atoms with Crippen molar-refractivity contribution >= 4 is 0 Å². The van der Waals surface area contributed by atoms with Gasteiger partial charge in [-0.25, -0.2) is 0 Å². The number of hydrogen-bond donors (Lipinski definition) is 1. The summed E-state index contributed by atoms with van der Waals surface area (Å²) >= 11 is 0. The van der Waals surface area contributed by atoms with E-state index in [2.05, 4.69) is 9.97 Å². The topological polar surface area (TPSA) is 55.2 Å². The average molecular weight is 216 g/mol. The number of pyridine rings is 2. The van der Waals surface area contributed by atoms with Crippen molar-refractivity contribution in [2.24, 2.45) is 0 Å². The van der Waals surface area contributed by atoms with E-state index >= 15 is 0 Å². The third-order valence-electron chi connectivity index (χ3n) is 2.17. The van der Waals surface area contributed by atoms with Crippen LogP contribution in [0, 0.1) is 0 Å². The summed E-state index contributed by atoms with van der Waals surface area (Å²) in [6.45, 7) is 0.388. The highest BCUT2D eigenvalue weighted by molar-refractivity contribution is 5.29. The summed E-state index contributed by atoms with van der Waals surface area (Å²) < 4.78 is 5.59. The predicted octanol–water partition coefficient (Wildman–Crippen LogP) is 1.55. The Morgan fingerprint density at radius 3 is 2.56 bits per heavy atom. The molecule has 2 aromatic rings. The molecule has 0 fully saturated rings. The number of aliphatic hydroxyl groups is 1. The average Bonchev–Trinajstić information content (AvgIpc) is 2.38. The Bertz CT molecular complexity index is 446. The van der Waals surface area contributed by atoms with Crippen molar-refractivity contribution in [1.82, 2.24) is 9.97 Å². The summed E-state index contributed by atoms with van der Waals surface area (Å²) in [6, 6.07) is 5.52. The van der Waals surface area contributed by atoms with Gasteiger partial charge in [-0.05, 0) is 23.8 Å². The molecule has 0 amide bonds. The van der Waals surface area contributed by atoms with Crippen LogP contribution >= 0.6 is 0 Å². The van der Waals surface area contributed by atoms with Crippen LogP contribution in [0.5, 0.6) is 5.75 Å². The van der Waals surface area contributed by atoms with Crippen molar-refractivity contribution in [1.29, 1.82) is 0 Å². The molecule has 4 nitrogen and oxygen atoms in total. The lowest BCUT2D eigenvalue weighted by Crippen LogP contribution is -1.99. The SMILES string of the molecule is OCc1cnccc1OCc1ccncc1. The molecule has 2 rings (SSSR count). The largest absolute Gasteiger partial charge is 0.488 e. The molecule has 0 atom stereocenters. The van der Waals surface area contributed by atoms with Gasteiger partial charge in [-0.2, -0.15) is 0 Å². The maximum atomic E-state index is 9.09. The minimum absolute atomic E-state index is 0.0699. The van der Waals surface area contributed by atoms with Gasteiger partial charge in [0.15, 0.2) is 0 Å². The summed E-state index contributed by atoms with van der Waals surface area (Å²) in [5.41, 5.74) is 1.73. The van der Waals surface area contributed by atoms with Crippen LogP contribution in [-0.2, 0) is 13.2 Å². The van der Waals surface area contributed by atoms with E-state index in [1.54, 1.807) is 30.9 Å². The zero-order valence-electron chi connectivity index (χ0n) is 8.71. The molecule has 0 saturated heterocycles. The van der Waals surface area contributed by atoms with Gasteiger partial charge in [-0.15, -0.1) is 0 Å². The molecule has 0 aromatic carbocycles. The molecule has 0 aliphatic heterocycles. The molecule has 1 N–H and O–H groups in total. The van der Waals surface area contributed by atoms with E-state index < -0.39 is 0 Å². The highest BCUT2D eigenvalue weighted by Gasteiger charge is 2.02. The van der Waals surface area contributed by atoms with Crippen molar-refractivity contribution in [2.75, 3.05) is 0 Å². The van der Waals surface area contributed by atoms with Gasteiger partial charge in [0.2, 0.25) is 0 Å². The fourth-order valence-electron chi connectivity index (χ4n) is 1.31. The van der Waals surface area contributed by atoms with Crippen LogP contribution in [0.25, 0.3) is 0 Å². The summed E-state index contributed by atoms with van der Waals surface area (Å²) in [5.74, 6) is 0.661. The molecular formula is C12H12N2O2. The van der Waals surface area contributed by atoms with Crippen LogP contribution < -0.4 is 4.74 Å². The van der Waals surface area contributed by atoms with Crippen LogP contribution in [0.4, 0.5) is 0 Å². The van der Waals surface area contributed by atoms with E-state index in [4.69, 9.17) is 9.84 Å². The Kier molecular flexibility index (Phi) is 3.46. The molecule has 0 saturated carbocycles. The third-order valence-corrected chi connectivity index (χ3v) is 2.17. The Morgan fingerprint density at radius 2 is 1.81 bits per heavy atom. The molecule has 0 bridgehead atoms. The maximum absolute atomic E-state index is 9.09. The number of nitrogens with zero attached hydrogens (tertiary/aromatic N) is 2. The van der Waals surface area contributed by atoms with Gasteiger partial charge in [-0.1, -0.05) is 0 Å². The maximum Gasteiger partial charge on any atom is 0.128 e. The fraction of sp³-hybridized carbons (Fsp3) is 0.167. The monoisotopic (exact) mass is 216 g/mol. The first-order valence-corrected chi connectivity index (χ1v) is 4.95. The second-order valence-corrected chi connectivity index (χ2v) is 3.29. The molecule has 4 heteroatoms. The van der Waals surface area contributed by atoms with Gasteiger partial charge >= 0.3 is 0 Å². The fourth-order valence-corrected chi connectivity index (χ4v) is 1.31.